The summed E-state index contributed by atoms with van der Waals surface area (Å²) in [6.45, 7) is 4.23. The van der Waals surface area contributed by atoms with E-state index in [0.29, 0.717) is 5.69 Å². The number of amides is 1. The fourth-order valence-corrected chi connectivity index (χ4v) is 5.99. The molecule has 5 rings (SSSR count). The quantitative estimate of drug-likeness (QED) is 0.655. The van der Waals surface area contributed by atoms with Crippen molar-refractivity contribution in [3.8, 4) is 0 Å². The van der Waals surface area contributed by atoms with Crippen molar-refractivity contribution in [3.63, 3.8) is 0 Å². The van der Waals surface area contributed by atoms with Crippen LogP contribution in [-0.2, 0) is 4.79 Å². The van der Waals surface area contributed by atoms with E-state index in [1.807, 2.05) is 0 Å². The Balaban J connectivity index is 1.41. The minimum atomic E-state index is -0.539. The van der Waals surface area contributed by atoms with E-state index in [1.54, 1.807) is 13.8 Å². The standard InChI is InChI=1S/C18H26N4O3/c1-11-3-16(22(24)25)20-21(11)12(2)17(23)19-10-18-7-13-4-14(8-18)6-15(5-13)9-18/h3,12-15H,4-10H2,1-2H3,(H,19,23). The number of aryl methyl sites for hydroxylation is 1. The summed E-state index contributed by atoms with van der Waals surface area (Å²) in [7, 11) is 0. The van der Waals surface area contributed by atoms with E-state index in [1.165, 1.54) is 49.3 Å². The SMILES string of the molecule is Cc1cc([N+](=O)[O-])nn1C(C)C(=O)NCC12CC3CC(CC(C3)C1)C2. The molecule has 7 nitrogen and oxygen atoms in total. The van der Waals surface area contributed by atoms with Crippen molar-refractivity contribution < 1.29 is 9.72 Å². The molecule has 7 heteroatoms. The minimum Gasteiger partial charge on any atom is -0.358 e. The van der Waals surface area contributed by atoms with Crippen LogP contribution in [0, 0.1) is 40.2 Å². The maximum atomic E-state index is 12.6. The van der Waals surface area contributed by atoms with Gasteiger partial charge in [0.05, 0.1) is 16.9 Å². The molecule has 4 fully saturated rings. The zero-order chi connectivity index (χ0) is 17.8. The number of hydrogen-bond donors (Lipinski definition) is 1. The molecule has 4 aliphatic rings. The van der Waals surface area contributed by atoms with Gasteiger partial charge in [-0.15, -0.1) is 0 Å². The zero-order valence-corrected chi connectivity index (χ0v) is 14.9. The highest BCUT2D eigenvalue weighted by molar-refractivity contribution is 5.80. The smallest absolute Gasteiger partial charge is 0.358 e. The number of hydrogen-bond acceptors (Lipinski definition) is 4. The van der Waals surface area contributed by atoms with Gasteiger partial charge in [-0.05, 0) is 80.5 Å². The van der Waals surface area contributed by atoms with E-state index in [4.69, 9.17) is 0 Å². The molecule has 25 heavy (non-hydrogen) atoms. The van der Waals surface area contributed by atoms with Crippen LogP contribution >= 0.6 is 0 Å². The monoisotopic (exact) mass is 346 g/mol. The summed E-state index contributed by atoms with van der Waals surface area (Å²) in [5.74, 6) is 2.26. The third-order valence-corrected chi connectivity index (χ3v) is 6.65. The normalized spacial score (nSPS) is 34.1. The van der Waals surface area contributed by atoms with E-state index in [9.17, 15) is 14.9 Å². The Morgan fingerprint density at radius 1 is 1.36 bits per heavy atom. The zero-order valence-electron chi connectivity index (χ0n) is 14.9. The molecule has 4 bridgehead atoms. The molecule has 0 aliphatic heterocycles. The second-order valence-corrected chi connectivity index (χ2v) is 8.66. The predicted molar refractivity (Wildman–Crippen MR) is 91.9 cm³/mol. The van der Waals surface area contributed by atoms with Crippen LogP contribution in [0.5, 0.6) is 0 Å². The van der Waals surface area contributed by atoms with Gasteiger partial charge in [-0.2, -0.15) is 4.68 Å². The molecule has 0 spiro atoms. The lowest BCUT2D eigenvalue weighted by atomic mass is 9.49. The highest BCUT2D eigenvalue weighted by Crippen LogP contribution is 2.59. The molecule has 1 heterocycles. The summed E-state index contributed by atoms with van der Waals surface area (Å²) in [6.07, 6.45) is 7.92. The molecule has 4 saturated carbocycles. The molecule has 0 radical (unpaired) electrons. The minimum absolute atomic E-state index is 0.100. The van der Waals surface area contributed by atoms with Crippen molar-refractivity contribution in [3.05, 3.63) is 21.9 Å². The van der Waals surface area contributed by atoms with Gasteiger partial charge in [0, 0.05) is 6.54 Å². The molecule has 1 atom stereocenters. The highest BCUT2D eigenvalue weighted by atomic mass is 16.6. The molecule has 0 saturated heterocycles. The van der Waals surface area contributed by atoms with Crippen LogP contribution in [0.15, 0.2) is 6.07 Å². The Bertz CT molecular complexity index is 676. The van der Waals surface area contributed by atoms with E-state index < -0.39 is 11.0 Å². The summed E-state index contributed by atoms with van der Waals surface area (Å²) in [4.78, 5) is 23.0. The summed E-state index contributed by atoms with van der Waals surface area (Å²) in [6, 6.07) is 0.866. The van der Waals surface area contributed by atoms with Crippen molar-refractivity contribution >= 4 is 11.7 Å². The van der Waals surface area contributed by atoms with Crippen molar-refractivity contribution in [2.24, 2.45) is 23.2 Å². The Hall–Kier alpha value is -1.92. The summed E-state index contributed by atoms with van der Waals surface area (Å²) < 4.78 is 1.45. The number of carbonyl (C=O) groups is 1. The van der Waals surface area contributed by atoms with Crippen LogP contribution in [0.4, 0.5) is 5.82 Å². The van der Waals surface area contributed by atoms with Gasteiger partial charge in [0.15, 0.2) is 0 Å². The number of nitro groups is 1. The van der Waals surface area contributed by atoms with E-state index in [0.717, 1.165) is 24.3 Å². The van der Waals surface area contributed by atoms with Crippen molar-refractivity contribution in [1.82, 2.24) is 15.1 Å². The average Bonchev–Trinajstić information content (AvgIpc) is 2.93. The Labute approximate surface area is 147 Å². The summed E-state index contributed by atoms with van der Waals surface area (Å²) in [5, 5.41) is 18.0. The van der Waals surface area contributed by atoms with Gasteiger partial charge >= 0.3 is 5.82 Å². The first-order valence-electron chi connectivity index (χ1n) is 9.33. The Morgan fingerprint density at radius 2 is 1.92 bits per heavy atom. The van der Waals surface area contributed by atoms with Crippen LogP contribution < -0.4 is 5.32 Å². The predicted octanol–water partition coefficient (Wildman–Crippen LogP) is 2.99. The highest BCUT2D eigenvalue weighted by Gasteiger charge is 2.50. The van der Waals surface area contributed by atoms with Crippen molar-refractivity contribution in [1.29, 1.82) is 0 Å². The molecule has 4 aliphatic carbocycles. The van der Waals surface area contributed by atoms with Crippen molar-refractivity contribution in [2.45, 2.75) is 58.4 Å². The first kappa shape index (κ1) is 16.5. The molecule has 1 N–H and O–H groups in total. The molecule has 1 amide bonds. The third-order valence-electron chi connectivity index (χ3n) is 6.65. The Morgan fingerprint density at radius 3 is 2.40 bits per heavy atom. The number of aromatic nitrogens is 2. The fraction of sp³-hybridized carbons (Fsp3) is 0.778. The number of nitrogens with zero attached hydrogens (tertiary/aromatic N) is 3. The number of rotatable bonds is 5. The van der Waals surface area contributed by atoms with Crippen LogP contribution in [0.25, 0.3) is 0 Å². The molecule has 136 valence electrons. The number of nitrogens with one attached hydrogen (secondary N) is 1. The summed E-state index contributed by atoms with van der Waals surface area (Å²) >= 11 is 0. The lowest BCUT2D eigenvalue weighted by Crippen LogP contribution is -2.51. The van der Waals surface area contributed by atoms with E-state index in [-0.39, 0.29) is 17.1 Å². The first-order chi connectivity index (χ1) is 11.8. The van der Waals surface area contributed by atoms with Gasteiger partial charge in [0.25, 0.3) is 0 Å². The first-order valence-corrected chi connectivity index (χ1v) is 9.33. The molecular weight excluding hydrogens is 320 g/mol. The lowest BCUT2D eigenvalue weighted by Gasteiger charge is -2.57. The van der Waals surface area contributed by atoms with Crippen LogP contribution in [0.3, 0.4) is 0 Å². The van der Waals surface area contributed by atoms with E-state index >= 15 is 0 Å². The molecule has 1 aromatic rings. The molecular formula is C18H26N4O3. The van der Waals surface area contributed by atoms with Crippen LogP contribution in [0.2, 0.25) is 0 Å². The van der Waals surface area contributed by atoms with Gasteiger partial charge in [0.2, 0.25) is 5.91 Å². The third kappa shape index (κ3) is 2.93. The second kappa shape index (κ2) is 5.81. The van der Waals surface area contributed by atoms with Gasteiger partial charge < -0.3 is 15.4 Å². The lowest BCUT2D eigenvalue weighted by molar-refractivity contribution is -0.389. The average molecular weight is 346 g/mol. The molecule has 0 aromatic carbocycles. The van der Waals surface area contributed by atoms with Crippen LogP contribution in [-0.4, -0.2) is 27.2 Å². The maximum absolute atomic E-state index is 12.6. The van der Waals surface area contributed by atoms with Crippen molar-refractivity contribution in [2.75, 3.05) is 6.54 Å². The van der Waals surface area contributed by atoms with Gasteiger partial charge in [-0.3, -0.25) is 4.79 Å². The fourth-order valence-electron chi connectivity index (χ4n) is 5.99. The molecule has 1 unspecified atom stereocenters. The van der Waals surface area contributed by atoms with Gasteiger partial charge in [-0.25, -0.2) is 0 Å². The topological polar surface area (TPSA) is 90.1 Å². The summed E-state index contributed by atoms with van der Waals surface area (Å²) in [5.41, 5.74) is 0.916. The molecule has 1 aromatic heterocycles. The van der Waals surface area contributed by atoms with Gasteiger partial charge in [-0.1, -0.05) is 0 Å². The van der Waals surface area contributed by atoms with Crippen LogP contribution in [0.1, 0.15) is 57.2 Å². The van der Waals surface area contributed by atoms with Gasteiger partial charge in [0.1, 0.15) is 6.04 Å². The largest absolute Gasteiger partial charge is 0.390 e. The second-order valence-electron chi connectivity index (χ2n) is 8.66. The maximum Gasteiger partial charge on any atom is 0.390 e. The number of carbonyl (C=O) groups excluding carboxylic acids is 1. The Kier molecular flexibility index (Phi) is 3.85. The van der Waals surface area contributed by atoms with E-state index in [2.05, 4.69) is 10.4 Å².